The van der Waals surface area contributed by atoms with Crippen LogP contribution >= 0.6 is 11.7 Å². The van der Waals surface area contributed by atoms with E-state index in [-0.39, 0.29) is 11.4 Å². The van der Waals surface area contributed by atoms with Crippen molar-refractivity contribution in [3.05, 3.63) is 48.3 Å². The van der Waals surface area contributed by atoms with Gasteiger partial charge in [-0.25, -0.2) is 28.1 Å². The predicted molar refractivity (Wildman–Crippen MR) is 110 cm³/mol. The molecule has 1 aromatic carbocycles. The molecule has 4 rings (SSSR count). The third-order valence-corrected chi connectivity index (χ3v) is 6.45. The maximum atomic E-state index is 12.6. The molecule has 0 aliphatic rings. The maximum absolute atomic E-state index is 12.6. The number of sulfonamides is 1. The Balaban J connectivity index is 1.40. The molecule has 0 saturated heterocycles. The van der Waals surface area contributed by atoms with E-state index in [4.69, 9.17) is 0 Å². The van der Waals surface area contributed by atoms with Crippen molar-refractivity contribution in [1.82, 2.24) is 33.0 Å². The number of nitrogens with zero attached hydrogens (tertiary/aromatic N) is 6. The number of anilines is 1. The highest BCUT2D eigenvalue weighted by Crippen LogP contribution is 2.20. The van der Waals surface area contributed by atoms with Crippen LogP contribution in [0.15, 0.2) is 41.8 Å². The van der Waals surface area contributed by atoms with Gasteiger partial charge in [-0.1, -0.05) is 6.07 Å². The lowest BCUT2D eigenvalue weighted by atomic mass is 10.3. The summed E-state index contributed by atoms with van der Waals surface area (Å²) in [6.45, 7) is 4.42. The lowest BCUT2D eigenvalue weighted by molar-refractivity contribution is 0.583. The fraction of sp³-hybridized carbons (Fsp3) is 0.235. The Morgan fingerprint density at radius 3 is 2.76 bits per heavy atom. The number of nitrogens with one attached hydrogen (secondary N) is 2. The van der Waals surface area contributed by atoms with Crippen LogP contribution in [0.3, 0.4) is 0 Å². The van der Waals surface area contributed by atoms with Gasteiger partial charge >= 0.3 is 0 Å². The summed E-state index contributed by atoms with van der Waals surface area (Å²) < 4.78 is 37.8. The van der Waals surface area contributed by atoms with Gasteiger partial charge < -0.3 is 5.32 Å². The number of imidazole rings is 1. The van der Waals surface area contributed by atoms with E-state index in [9.17, 15) is 8.42 Å². The largest absolute Gasteiger partial charge is 0.369 e. The van der Waals surface area contributed by atoms with Crippen LogP contribution in [0.5, 0.6) is 0 Å². The van der Waals surface area contributed by atoms with E-state index in [2.05, 4.69) is 33.7 Å². The molecule has 3 heterocycles. The smallest absolute Gasteiger partial charge is 0.242 e. The van der Waals surface area contributed by atoms with Gasteiger partial charge in [0.2, 0.25) is 10.0 Å². The van der Waals surface area contributed by atoms with Crippen LogP contribution in [-0.2, 0) is 10.0 Å². The Morgan fingerprint density at radius 2 is 1.97 bits per heavy atom. The van der Waals surface area contributed by atoms with Crippen molar-refractivity contribution >= 4 is 38.6 Å². The molecule has 150 valence electrons. The number of hydrogen-bond donors (Lipinski definition) is 2. The number of rotatable bonds is 7. The van der Waals surface area contributed by atoms with Gasteiger partial charge in [0.15, 0.2) is 0 Å². The highest BCUT2D eigenvalue weighted by Gasteiger charge is 2.18. The van der Waals surface area contributed by atoms with Crippen LogP contribution < -0.4 is 10.0 Å². The molecule has 10 nitrogen and oxygen atoms in total. The molecule has 2 N–H and O–H groups in total. The van der Waals surface area contributed by atoms with Gasteiger partial charge in [0, 0.05) is 24.8 Å². The molecule has 0 unspecified atom stereocenters. The molecule has 29 heavy (non-hydrogen) atoms. The quantitative estimate of drug-likeness (QED) is 0.424. The van der Waals surface area contributed by atoms with E-state index in [1.165, 1.54) is 12.4 Å². The Bertz CT molecular complexity index is 1270. The molecular weight excluding hydrogens is 412 g/mol. The molecule has 0 aliphatic carbocycles. The van der Waals surface area contributed by atoms with E-state index in [0.29, 0.717) is 29.2 Å². The van der Waals surface area contributed by atoms with Crippen LogP contribution in [0.25, 0.3) is 16.9 Å². The maximum Gasteiger partial charge on any atom is 0.242 e. The van der Waals surface area contributed by atoms with Crippen LogP contribution in [0.4, 0.5) is 5.82 Å². The summed E-state index contributed by atoms with van der Waals surface area (Å²) in [5, 5.41) is 3.10. The molecule has 12 heteroatoms. The van der Waals surface area contributed by atoms with Crippen LogP contribution in [0.1, 0.15) is 11.4 Å². The first-order valence-corrected chi connectivity index (χ1v) is 10.9. The molecule has 0 atom stereocenters. The fourth-order valence-corrected chi connectivity index (χ4v) is 4.55. The Hall–Kier alpha value is -2.96. The zero-order valence-electron chi connectivity index (χ0n) is 15.7. The van der Waals surface area contributed by atoms with Crippen LogP contribution in [0, 0.1) is 13.8 Å². The molecular formula is C17H18N8O2S2. The summed E-state index contributed by atoms with van der Waals surface area (Å²) in [5.41, 5.74) is 2.87. The molecule has 0 spiro atoms. The topological polar surface area (TPSA) is 128 Å². The summed E-state index contributed by atoms with van der Waals surface area (Å²) in [5.74, 6) is 1.27. The van der Waals surface area contributed by atoms with Crippen molar-refractivity contribution < 1.29 is 8.42 Å². The summed E-state index contributed by atoms with van der Waals surface area (Å²) in [7, 11) is -3.70. The van der Waals surface area contributed by atoms with Crippen molar-refractivity contribution in [2.75, 3.05) is 18.4 Å². The monoisotopic (exact) mass is 430 g/mol. The second-order valence-electron chi connectivity index (χ2n) is 6.26. The second-order valence-corrected chi connectivity index (χ2v) is 8.52. The minimum absolute atomic E-state index is 0.124. The zero-order chi connectivity index (χ0) is 20.4. The lowest BCUT2D eigenvalue weighted by Crippen LogP contribution is -2.29. The third-order valence-electron chi connectivity index (χ3n) is 4.41. The van der Waals surface area contributed by atoms with Crippen molar-refractivity contribution in [1.29, 1.82) is 0 Å². The van der Waals surface area contributed by atoms with Gasteiger partial charge in [-0.3, -0.25) is 4.57 Å². The predicted octanol–water partition coefficient (Wildman–Crippen LogP) is 1.67. The third kappa shape index (κ3) is 3.95. The van der Waals surface area contributed by atoms with E-state index in [1.54, 1.807) is 24.5 Å². The molecule has 0 bridgehead atoms. The molecule has 0 aliphatic heterocycles. The van der Waals surface area contributed by atoms with Crippen LogP contribution in [-0.4, -0.2) is 49.8 Å². The van der Waals surface area contributed by atoms with Gasteiger partial charge in [-0.2, -0.15) is 8.75 Å². The van der Waals surface area contributed by atoms with Gasteiger partial charge in [0.25, 0.3) is 0 Å². The normalized spacial score (nSPS) is 11.8. The van der Waals surface area contributed by atoms with Gasteiger partial charge in [-0.15, -0.1) is 0 Å². The lowest BCUT2D eigenvalue weighted by Gasteiger charge is -2.10. The highest BCUT2D eigenvalue weighted by molar-refractivity contribution is 7.89. The summed E-state index contributed by atoms with van der Waals surface area (Å²) in [6, 6.07) is 6.68. The van der Waals surface area contributed by atoms with Crippen molar-refractivity contribution in [2.45, 2.75) is 18.7 Å². The molecule has 0 saturated carbocycles. The number of aryl methyl sites for hydroxylation is 1. The first-order valence-electron chi connectivity index (χ1n) is 8.73. The number of hydrogen-bond acceptors (Lipinski definition) is 9. The van der Waals surface area contributed by atoms with Gasteiger partial charge in [-0.05, 0) is 26.0 Å². The average Bonchev–Trinajstić information content (AvgIpc) is 3.32. The van der Waals surface area contributed by atoms with E-state index < -0.39 is 10.0 Å². The van der Waals surface area contributed by atoms with E-state index in [1.807, 2.05) is 18.4 Å². The Kier molecular flexibility index (Phi) is 5.22. The zero-order valence-corrected chi connectivity index (χ0v) is 17.3. The SMILES string of the molecule is Cc1ncn(-c2cc(NCCNS(=O)(=O)c3cccc4nsnc34)ncn2)c1C. The Labute approximate surface area is 171 Å². The van der Waals surface area contributed by atoms with E-state index in [0.717, 1.165) is 23.1 Å². The first kappa shape index (κ1) is 19.4. The molecule has 0 fully saturated rings. The number of fused-ring (bicyclic) bond motifs is 1. The van der Waals surface area contributed by atoms with Crippen molar-refractivity contribution in [3.8, 4) is 5.82 Å². The Morgan fingerprint density at radius 1 is 1.10 bits per heavy atom. The fourth-order valence-electron chi connectivity index (χ4n) is 2.76. The molecule has 0 radical (unpaired) electrons. The summed E-state index contributed by atoms with van der Waals surface area (Å²) >= 11 is 0.986. The summed E-state index contributed by atoms with van der Waals surface area (Å²) in [6.07, 6.45) is 3.16. The highest BCUT2D eigenvalue weighted by atomic mass is 32.2. The second kappa shape index (κ2) is 7.81. The van der Waals surface area contributed by atoms with Crippen molar-refractivity contribution in [2.24, 2.45) is 0 Å². The number of aromatic nitrogens is 6. The average molecular weight is 431 g/mol. The minimum atomic E-state index is -3.70. The molecule has 0 amide bonds. The van der Waals surface area contributed by atoms with Gasteiger partial charge in [0.05, 0.1) is 17.4 Å². The van der Waals surface area contributed by atoms with Crippen molar-refractivity contribution in [3.63, 3.8) is 0 Å². The first-order chi connectivity index (χ1) is 14.0. The van der Waals surface area contributed by atoms with E-state index >= 15 is 0 Å². The molecule has 3 aromatic heterocycles. The molecule has 4 aromatic rings. The van der Waals surface area contributed by atoms with Gasteiger partial charge in [0.1, 0.15) is 40.2 Å². The minimum Gasteiger partial charge on any atom is -0.369 e. The summed E-state index contributed by atoms with van der Waals surface area (Å²) in [4.78, 5) is 12.8. The van der Waals surface area contributed by atoms with Crippen LogP contribution in [0.2, 0.25) is 0 Å². The standard InChI is InChI=1S/C17H18N8O2S2/c1-11-12(2)25(10-21-11)16-8-15(19-9-20-16)18-6-7-22-29(26,27)14-5-3-4-13-17(14)24-28-23-13/h3-5,8-10,22H,6-7H2,1-2H3,(H,18,19,20). The number of benzene rings is 1.